The zero-order valence-electron chi connectivity index (χ0n) is 18.4. The van der Waals surface area contributed by atoms with Crippen molar-refractivity contribution in [2.75, 3.05) is 0 Å². The van der Waals surface area contributed by atoms with Gasteiger partial charge in [-0.2, -0.15) is 0 Å². The molecular formula is C25H42O3. The molecule has 0 spiro atoms. The van der Waals surface area contributed by atoms with Gasteiger partial charge in [0.2, 0.25) is 0 Å². The van der Waals surface area contributed by atoms with Gasteiger partial charge in [0, 0.05) is 6.42 Å². The van der Waals surface area contributed by atoms with Gasteiger partial charge >= 0.3 is 0 Å². The number of aliphatic hydroxyl groups excluding tert-OH is 2. The summed E-state index contributed by atoms with van der Waals surface area (Å²) in [4.78, 5) is 0. The summed E-state index contributed by atoms with van der Waals surface area (Å²) in [7, 11) is 0. The second-order valence-electron chi connectivity index (χ2n) is 10.0. The van der Waals surface area contributed by atoms with Crippen LogP contribution in [0.25, 0.3) is 0 Å². The monoisotopic (exact) mass is 390 g/mol. The Kier molecular flexibility index (Phi) is 8.54. The Morgan fingerprint density at radius 3 is 2.64 bits per heavy atom. The average molecular weight is 391 g/mol. The van der Waals surface area contributed by atoms with Crippen molar-refractivity contribution in [3.8, 4) is 0 Å². The van der Waals surface area contributed by atoms with Gasteiger partial charge in [0.05, 0.1) is 17.8 Å². The van der Waals surface area contributed by atoms with E-state index in [2.05, 4.69) is 32.6 Å². The molecule has 0 aromatic rings. The lowest BCUT2D eigenvalue weighted by molar-refractivity contribution is 0.0631. The molecule has 3 N–H and O–H groups in total. The Balaban J connectivity index is 1.92. The fraction of sp³-hybridized carbons (Fsp3) is 0.760. The number of rotatable bonds is 7. The predicted molar refractivity (Wildman–Crippen MR) is 117 cm³/mol. The molecule has 3 heteroatoms. The Morgan fingerprint density at radius 2 is 1.96 bits per heavy atom. The van der Waals surface area contributed by atoms with E-state index in [9.17, 15) is 15.3 Å². The van der Waals surface area contributed by atoms with E-state index in [1.165, 1.54) is 25.7 Å². The molecule has 3 nitrogen and oxygen atoms in total. The van der Waals surface area contributed by atoms with Crippen LogP contribution in [0.5, 0.6) is 0 Å². The average Bonchev–Trinajstić information content (AvgIpc) is 2.59. The van der Waals surface area contributed by atoms with E-state index in [1.54, 1.807) is 0 Å². The van der Waals surface area contributed by atoms with Crippen LogP contribution in [0.3, 0.4) is 0 Å². The van der Waals surface area contributed by atoms with Gasteiger partial charge in [-0.1, -0.05) is 57.9 Å². The van der Waals surface area contributed by atoms with Crippen molar-refractivity contribution in [1.82, 2.24) is 0 Å². The molecule has 0 amide bonds. The van der Waals surface area contributed by atoms with Gasteiger partial charge in [-0.15, -0.1) is 0 Å². The molecule has 0 saturated heterocycles. The van der Waals surface area contributed by atoms with Crippen LogP contribution in [0.15, 0.2) is 36.0 Å². The molecule has 6 atom stereocenters. The molecule has 0 aromatic heterocycles. The molecule has 0 aliphatic heterocycles. The number of hydrogen-bond donors (Lipinski definition) is 3. The van der Waals surface area contributed by atoms with Crippen molar-refractivity contribution in [3.05, 3.63) is 36.0 Å². The first-order chi connectivity index (χ1) is 13.1. The minimum absolute atomic E-state index is 0.395. The lowest BCUT2D eigenvalue weighted by atomic mass is 9.67. The van der Waals surface area contributed by atoms with Gasteiger partial charge in [0.15, 0.2) is 0 Å². The third kappa shape index (κ3) is 6.86. The highest BCUT2D eigenvalue weighted by Crippen LogP contribution is 2.41. The highest BCUT2D eigenvalue weighted by atomic mass is 16.3. The fourth-order valence-corrected chi connectivity index (χ4v) is 5.15. The van der Waals surface area contributed by atoms with E-state index in [0.717, 1.165) is 29.9 Å². The molecule has 0 aromatic carbocycles. The summed E-state index contributed by atoms with van der Waals surface area (Å²) in [6, 6.07) is 0. The normalized spacial score (nSPS) is 34.9. The SMILES string of the molecule is C=C1/C(=C\C=C\[C@@H]2CCC[C@H]([C@H](C)CCCC(C)(C)O)[C@H]2C)C[C@@H](O)C[C@@H]1O. The first kappa shape index (κ1) is 23.4. The summed E-state index contributed by atoms with van der Waals surface area (Å²) in [5.41, 5.74) is 1.17. The molecule has 2 aliphatic carbocycles. The second kappa shape index (κ2) is 10.2. The van der Waals surface area contributed by atoms with Crippen LogP contribution in [-0.2, 0) is 0 Å². The molecule has 2 aliphatic rings. The molecular weight excluding hydrogens is 348 g/mol. The lowest BCUT2D eigenvalue weighted by Crippen LogP contribution is -2.30. The van der Waals surface area contributed by atoms with Crippen molar-refractivity contribution in [2.24, 2.45) is 23.7 Å². The van der Waals surface area contributed by atoms with E-state index < -0.39 is 17.8 Å². The minimum Gasteiger partial charge on any atom is -0.393 e. The summed E-state index contributed by atoms with van der Waals surface area (Å²) >= 11 is 0. The second-order valence-corrected chi connectivity index (χ2v) is 10.0. The third-order valence-corrected chi connectivity index (χ3v) is 7.03. The van der Waals surface area contributed by atoms with E-state index in [-0.39, 0.29) is 0 Å². The fourth-order valence-electron chi connectivity index (χ4n) is 5.15. The number of aliphatic hydroxyl groups is 3. The molecule has 2 saturated carbocycles. The molecule has 2 fully saturated rings. The molecule has 0 unspecified atom stereocenters. The zero-order chi connectivity index (χ0) is 20.9. The molecule has 0 bridgehead atoms. The third-order valence-electron chi connectivity index (χ3n) is 7.03. The predicted octanol–water partition coefficient (Wildman–Crippen LogP) is 5.17. The van der Waals surface area contributed by atoms with E-state index in [1.807, 2.05) is 19.9 Å². The summed E-state index contributed by atoms with van der Waals surface area (Å²) < 4.78 is 0. The Bertz CT molecular complexity index is 569. The minimum atomic E-state index is -0.619. The van der Waals surface area contributed by atoms with Crippen molar-refractivity contribution in [1.29, 1.82) is 0 Å². The van der Waals surface area contributed by atoms with Crippen LogP contribution in [-0.4, -0.2) is 33.1 Å². The smallest absolute Gasteiger partial charge is 0.0811 e. The lowest BCUT2D eigenvalue weighted by Gasteiger charge is -2.38. The molecule has 0 heterocycles. The Hall–Kier alpha value is -0.900. The number of allylic oxidation sites excluding steroid dienone is 3. The first-order valence-electron chi connectivity index (χ1n) is 11.2. The maximum Gasteiger partial charge on any atom is 0.0811 e. The largest absolute Gasteiger partial charge is 0.393 e. The van der Waals surface area contributed by atoms with E-state index in [0.29, 0.717) is 30.6 Å². The molecule has 2 rings (SSSR count). The Morgan fingerprint density at radius 1 is 1.25 bits per heavy atom. The topological polar surface area (TPSA) is 60.7 Å². The van der Waals surface area contributed by atoms with Gasteiger partial charge in [-0.05, 0) is 74.3 Å². The van der Waals surface area contributed by atoms with E-state index in [4.69, 9.17) is 0 Å². The molecule has 160 valence electrons. The molecule has 28 heavy (non-hydrogen) atoms. The maximum atomic E-state index is 9.99. The van der Waals surface area contributed by atoms with Crippen molar-refractivity contribution < 1.29 is 15.3 Å². The standard InChI is InChI=1S/C25H42O3/c1-17(9-8-14-25(4,5)28)23-13-7-11-20(18(23)2)10-6-12-21-15-22(26)16-24(27)19(21)3/h6,10,12,17-18,20,22-24,26-28H,3,7-9,11,13-16H2,1-2,4-5H3/b10-6+,21-12-/t17-,18+,20-,22-,23-,24+/m1/s1. The summed E-state index contributed by atoms with van der Waals surface area (Å²) in [5, 5.41) is 29.8. The Labute approximate surface area is 172 Å². The number of hydrogen-bond acceptors (Lipinski definition) is 3. The van der Waals surface area contributed by atoms with Crippen LogP contribution >= 0.6 is 0 Å². The summed E-state index contributed by atoms with van der Waals surface area (Å²) in [6.45, 7) is 12.6. The van der Waals surface area contributed by atoms with Crippen LogP contribution in [0, 0.1) is 23.7 Å². The van der Waals surface area contributed by atoms with Crippen molar-refractivity contribution in [2.45, 2.75) is 96.9 Å². The highest BCUT2D eigenvalue weighted by molar-refractivity contribution is 5.37. The molecule has 0 radical (unpaired) electrons. The van der Waals surface area contributed by atoms with E-state index >= 15 is 0 Å². The van der Waals surface area contributed by atoms with Crippen LogP contribution in [0.2, 0.25) is 0 Å². The van der Waals surface area contributed by atoms with Gasteiger partial charge in [-0.3, -0.25) is 0 Å². The quantitative estimate of drug-likeness (QED) is 0.562. The highest BCUT2D eigenvalue weighted by Gasteiger charge is 2.32. The van der Waals surface area contributed by atoms with Gasteiger partial charge in [0.1, 0.15) is 0 Å². The van der Waals surface area contributed by atoms with Crippen LogP contribution in [0.1, 0.15) is 79.1 Å². The summed E-state index contributed by atoms with van der Waals surface area (Å²) in [5.74, 6) is 2.67. The first-order valence-corrected chi connectivity index (χ1v) is 11.2. The van der Waals surface area contributed by atoms with Crippen molar-refractivity contribution in [3.63, 3.8) is 0 Å². The van der Waals surface area contributed by atoms with Gasteiger partial charge < -0.3 is 15.3 Å². The van der Waals surface area contributed by atoms with Crippen LogP contribution < -0.4 is 0 Å². The van der Waals surface area contributed by atoms with Crippen molar-refractivity contribution >= 4 is 0 Å². The summed E-state index contributed by atoms with van der Waals surface area (Å²) in [6.07, 6.45) is 13.4. The van der Waals surface area contributed by atoms with Crippen LogP contribution in [0.4, 0.5) is 0 Å². The maximum absolute atomic E-state index is 9.99. The van der Waals surface area contributed by atoms with Gasteiger partial charge in [-0.25, -0.2) is 0 Å². The van der Waals surface area contributed by atoms with Gasteiger partial charge in [0.25, 0.3) is 0 Å². The zero-order valence-corrected chi connectivity index (χ0v) is 18.4.